The summed E-state index contributed by atoms with van der Waals surface area (Å²) in [5, 5.41) is 21.0. The molecule has 0 amide bonds. The average Bonchev–Trinajstić information content (AvgIpc) is 3.48. The van der Waals surface area contributed by atoms with Gasteiger partial charge in [-0.3, -0.25) is 0 Å². The fourth-order valence-corrected chi connectivity index (χ4v) is 6.15. The minimum Gasteiger partial charge on any atom is -0.490 e. The van der Waals surface area contributed by atoms with E-state index in [0.29, 0.717) is 71.7 Å². The van der Waals surface area contributed by atoms with E-state index in [2.05, 4.69) is 30.5 Å². The number of hydrogen-bond acceptors (Lipinski definition) is 10. The highest BCUT2D eigenvalue weighted by atomic mass is 32.2. The van der Waals surface area contributed by atoms with Crippen molar-refractivity contribution in [3.63, 3.8) is 0 Å². The van der Waals surface area contributed by atoms with Gasteiger partial charge in [0.05, 0.1) is 46.2 Å². The molecule has 2 fully saturated rings. The van der Waals surface area contributed by atoms with Crippen molar-refractivity contribution in [1.29, 1.82) is 0 Å². The first kappa shape index (κ1) is 27.2. The van der Waals surface area contributed by atoms with Crippen LogP contribution in [0.4, 0.5) is 20.4 Å². The summed E-state index contributed by atoms with van der Waals surface area (Å²) in [6, 6.07) is 4.74. The summed E-state index contributed by atoms with van der Waals surface area (Å²) in [5.41, 5.74) is 0.421. The highest BCUT2D eigenvalue weighted by Gasteiger charge is 2.37. The number of halogens is 2. The lowest BCUT2D eigenvalue weighted by Gasteiger charge is -2.33. The normalized spacial score (nSPS) is 21.2. The first-order valence-corrected chi connectivity index (χ1v) is 14.7. The molecule has 0 radical (unpaired) electrons. The highest BCUT2D eigenvalue weighted by molar-refractivity contribution is 7.90. The largest absolute Gasteiger partial charge is 0.490 e. The van der Waals surface area contributed by atoms with E-state index in [0.717, 1.165) is 4.09 Å². The molecule has 41 heavy (non-hydrogen) atoms. The second-order valence-corrected chi connectivity index (χ2v) is 12.6. The highest BCUT2D eigenvalue weighted by Crippen LogP contribution is 2.36. The van der Waals surface area contributed by atoms with Gasteiger partial charge < -0.3 is 15.2 Å². The van der Waals surface area contributed by atoms with Crippen molar-refractivity contribution in [2.75, 3.05) is 5.32 Å². The molecule has 0 bridgehead atoms. The van der Waals surface area contributed by atoms with Crippen LogP contribution in [0.1, 0.15) is 52.0 Å². The zero-order valence-corrected chi connectivity index (χ0v) is 22.9. The lowest BCUT2D eigenvalue weighted by molar-refractivity contribution is -0.0107. The maximum Gasteiger partial charge on any atom is 0.333 e. The Kier molecular flexibility index (Phi) is 6.93. The molecule has 2 aliphatic carbocycles. The van der Waals surface area contributed by atoms with Crippen molar-refractivity contribution in [2.45, 2.75) is 69.0 Å². The molecule has 4 heterocycles. The zero-order chi connectivity index (χ0) is 28.8. The fourth-order valence-electron chi connectivity index (χ4n) is 4.67. The molecule has 0 atom stereocenters. The van der Waals surface area contributed by atoms with Gasteiger partial charge in [0.25, 0.3) is 10.0 Å². The van der Waals surface area contributed by atoms with E-state index < -0.39 is 27.4 Å². The number of nitrogens with zero attached hydrogens (tertiary/aromatic N) is 7. The van der Waals surface area contributed by atoms with Crippen LogP contribution in [0.5, 0.6) is 5.75 Å². The number of rotatable bonds is 9. The molecule has 2 saturated carbocycles. The monoisotopic (exact) mass is 586 g/mol. The summed E-state index contributed by atoms with van der Waals surface area (Å²) in [6.07, 6.45) is 10.5. The van der Waals surface area contributed by atoms with E-state index in [1.54, 1.807) is 19.1 Å². The van der Waals surface area contributed by atoms with Gasteiger partial charge in [0.2, 0.25) is 0 Å². The second-order valence-electron chi connectivity index (χ2n) is 10.6. The number of hydrogen-bond donors (Lipinski definition) is 2. The first-order valence-electron chi connectivity index (χ1n) is 13.2. The topological polar surface area (TPSA) is 150 Å². The van der Waals surface area contributed by atoms with Gasteiger partial charge in [0.15, 0.2) is 5.82 Å². The van der Waals surface area contributed by atoms with Crippen LogP contribution in [-0.4, -0.2) is 64.4 Å². The van der Waals surface area contributed by atoms with Crippen LogP contribution in [0, 0.1) is 0 Å². The van der Waals surface area contributed by atoms with Crippen LogP contribution in [-0.2, 0) is 10.0 Å². The van der Waals surface area contributed by atoms with E-state index >= 15 is 0 Å². The molecule has 0 spiro atoms. The Hall–Kier alpha value is -3.98. The van der Waals surface area contributed by atoms with Gasteiger partial charge in [-0.15, -0.1) is 0 Å². The number of pyridine rings is 1. The van der Waals surface area contributed by atoms with E-state index in [-0.39, 0.29) is 17.6 Å². The Morgan fingerprint density at radius 2 is 1.90 bits per heavy atom. The molecular formula is C26H28F2N8O4S. The van der Waals surface area contributed by atoms with Gasteiger partial charge in [-0.25, -0.2) is 28.1 Å². The summed E-state index contributed by atoms with van der Waals surface area (Å²) in [5.74, 6) is 1.42. The lowest BCUT2D eigenvalue weighted by atomic mass is 9.85. The van der Waals surface area contributed by atoms with Crippen LogP contribution in [0.25, 0.3) is 22.6 Å². The molecular weight excluding hydrogens is 558 g/mol. The molecule has 2 N–H and O–H groups in total. The molecule has 4 aromatic rings. The van der Waals surface area contributed by atoms with Gasteiger partial charge in [-0.05, 0) is 57.6 Å². The Morgan fingerprint density at radius 3 is 2.61 bits per heavy atom. The molecule has 12 nitrogen and oxygen atoms in total. The van der Waals surface area contributed by atoms with Crippen LogP contribution >= 0.6 is 0 Å². The maximum atomic E-state index is 13.2. The lowest BCUT2D eigenvalue weighted by Crippen LogP contribution is -2.34. The van der Waals surface area contributed by atoms with Crippen molar-refractivity contribution in [1.82, 2.24) is 33.9 Å². The summed E-state index contributed by atoms with van der Waals surface area (Å²) in [7, 11) is -3.52. The van der Waals surface area contributed by atoms with Crippen molar-refractivity contribution < 1.29 is 27.0 Å². The molecule has 0 unspecified atom stereocenters. The third kappa shape index (κ3) is 5.91. The summed E-state index contributed by atoms with van der Waals surface area (Å²) < 4.78 is 59.2. The SMILES string of the molecule is CC1(O)CCC(Oc2cc(Nc3ccnc(-c4cnn(S(=O)(=O)C5CC5)c4)n3)ncc2-c2ccn(C(F)F)n2)CC1. The van der Waals surface area contributed by atoms with Gasteiger partial charge in [-0.2, -0.15) is 23.1 Å². The average molecular weight is 587 g/mol. The Balaban J connectivity index is 1.26. The third-order valence-electron chi connectivity index (χ3n) is 7.19. The van der Waals surface area contributed by atoms with E-state index in [1.807, 2.05) is 0 Å². The van der Waals surface area contributed by atoms with Crippen molar-refractivity contribution in [2.24, 2.45) is 0 Å². The van der Waals surface area contributed by atoms with Gasteiger partial charge in [-0.1, -0.05) is 0 Å². The van der Waals surface area contributed by atoms with E-state index in [4.69, 9.17) is 4.74 Å². The first-order chi connectivity index (χ1) is 19.6. The summed E-state index contributed by atoms with van der Waals surface area (Å²) >= 11 is 0. The van der Waals surface area contributed by atoms with Crippen LogP contribution in [0.2, 0.25) is 0 Å². The van der Waals surface area contributed by atoms with E-state index in [9.17, 15) is 22.3 Å². The molecule has 4 aromatic heterocycles. The van der Waals surface area contributed by atoms with Crippen molar-refractivity contribution >= 4 is 21.7 Å². The predicted octanol–water partition coefficient (Wildman–Crippen LogP) is 4.15. The van der Waals surface area contributed by atoms with Crippen molar-refractivity contribution in [3.05, 3.63) is 49.2 Å². The van der Waals surface area contributed by atoms with Crippen LogP contribution < -0.4 is 10.1 Å². The number of nitrogens with one attached hydrogen (secondary N) is 1. The molecule has 0 aromatic carbocycles. The predicted molar refractivity (Wildman–Crippen MR) is 144 cm³/mol. The van der Waals surface area contributed by atoms with E-state index in [1.165, 1.54) is 37.1 Å². The van der Waals surface area contributed by atoms with Gasteiger partial charge in [0, 0.05) is 24.7 Å². The maximum absolute atomic E-state index is 13.2. The van der Waals surface area contributed by atoms with Crippen LogP contribution in [0.3, 0.4) is 0 Å². The minimum atomic E-state index is -3.52. The Labute approximate surface area is 234 Å². The number of ether oxygens (including phenoxy) is 1. The number of aliphatic hydroxyl groups is 1. The Morgan fingerprint density at radius 1 is 1.12 bits per heavy atom. The van der Waals surface area contributed by atoms with Crippen molar-refractivity contribution in [3.8, 4) is 28.4 Å². The van der Waals surface area contributed by atoms with Crippen LogP contribution in [0.15, 0.2) is 49.2 Å². The molecule has 6 rings (SSSR count). The number of anilines is 2. The number of aromatic nitrogens is 7. The summed E-state index contributed by atoms with van der Waals surface area (Å²) in [6.45, 7) is -0.983. The fraction of sp³-hybridized carbons (Fsp3) is 0.423. The van der Waals surface area contributed by atoms with Gasteiger partial charge in [0.1, 0.15) is 17.4 Å². The standard InChI is InChI=1S/C26H28F2N8O4S/c1-26(37)8-4-17(5-9-26)40-21-12-23(30-14-19(21)20-7-11-35(34-20)25(27)28)32-22-6-10-29-24(33-22)16-13-31-36(15-16)41(38,39)18-2-3-18/h6-7,10-15,17-18,25,37H,2-5,8-9H2,1H3,(H,29,30,32,33). The zero-order valence-electron chi connectivity index (χ0n) is 22.1. The molecule has 2 aliphatic rings. The third-order valence-corrected chi connectivity index (χ3v) is 9.23. The Bertz CT molecular complexity index is 1660. The number of alkyl halides is 2. The second kappa shape index (κ2) is 10.4. The molecule has 15 heteroatoms. The minimum absolute atomic E-state index is 0.185. The molecule has 0 saturated heterocycles. The molecule has 0 aliphatic heterocycles. The van der Waals surface area contributed by atoms with Gasteiger partial charge >= 0.3 is 6.55 Å². The molecule has 216 valence electrons. The summed E-state index contributed by atoms with van der Waals surface area (Å²) in [4.78, 5) is 13.2. The quantitative estimate of drug-likeness (QED) is 0.293. The smallest absolute Gasteiger partial charge is 0.333 e.